The summed E-state index contributed by atoms with van der Waals surface area (Å²) in [5.41, 5.74) is 1.82. The van der Waals surface area contributed by atoms with Gasteiger partial charge in [-0.2, -0.15) is 0 Å². The maximum absolute atomic E-state index is 4.98. The maximum atomic E-state index is 4.98. The number of thiazole rings is 1. The average Bonchev–Trinajstić information content (AvgIpc) is 3.10. The zero-order valence-corrected chi connectivity index (χ0v) is 13.1. The molecule has 1 aromatic rings. The van der Waals surface area contributed by atoms with E-state index in [0.29, 0.717) is 5.41 Å². The minimum atomic E-state index is 0.437. The van der Waals surface area contributed by atoms with Crippen LogP contribution in [-0.2, 0) is 6.54 Å². The zero-order valence-electron chi connectivity index (χ0n) is 12.3. The molecular weight excluding hydrogens is 254 g/mol. The Balaban J connectivity index is 1.82. The van der Waals surface area contributed by atoms with Crippen LogP contribution in [0.25, 0.3) is 0 Å². The molecule has 2 heterocycles. The fraction of sp³-hybridized carbons (Fsp3) is 0.800. The van der Waals surface area contributed by atoms with Crippen LogP contribution in [0.15, 0.2) is 0 Å². The molecule has 1 saturated carbocycles. The summed E-state index contributed by atoms with van der Waals surface area (Å²) in [5, 5.41) is 4.56. The Morgan fingerprint density at radius 2 is 2.21 bits per heavy atom. The van der Waals surface area contributed by atoms with E-state index in [2.05, 4.69) is 24.1 Å². The number of piperidine rings is 1. The predicted octanol–water partition coefficient (Wildman–Crippen LogP) is 3.37. The molecule has 3 rings (SSSR count). The lowest BCUT2D eigenvalue weighted by Gasteiger charge is -2.37. The van der Waals surface area contributed by atoms with E-state index in [9.17, 15) is 0 Å². The summed E-state index contributed by atoms with van der Waals surface area (Å²) in [6.07, 6.45) is 5.32. The first-order chi connectivity index (χ1) is 9.09. The molecule has 0 spiro atoms. The average molecular weight is 279 g/mol. The van der Waals surface area contributed by atoms with Crippen LogP contribution < -0.4 is 10.2 Å². The molecule has 0 radical (unpaired) electrons. The minimum Gasteiger partial charge on any atom is -0.348 e. The first-order valence-corrected chi connectivity index (χ1v) is 8.30. The molecule has 3 nitrogen and oxygen atoms in total. The largest absolute Gasteiger partial charge is 0.348 e. The van der Waals surface area contributed by atoms with Gasteiger partial charge >= 0.3 is 0 Å². The van der Waals surface area contributed by atoms with Crippen molar-refractivity contribution in [1.29, 1.82) is 0 Å². The topological polar surface area (TPSA) is 28.2 Å². The van der Waals surface area contributed by atoms with E-state index >= 15 is 0 Å². The summed E-state index contributed by atoms with van der Waals surface area (Å²) in [4.78, 5) is 8.96. The van der Waals surface area contributed by atoms with Crippen LogP contribution in [0.2, 0.25) is 0 Å². The molecule has 0 bridgehead atoms. The van der Waals surface area contributed by atoms with Crippen LogP contribution in [0, 0.1) is 5.41 Å². The number of hydrogen-bond donors (Lipinski definition) is 1. The molecule has 1 N–H and O–H groups in total. The molecule has 2 aliphatic rings. The number of anilines is 1. The van der Waals surface area contributed by atoms with Crippen molar-refractivity contribution in [2.75, 3.05) is 25.0 Å². The Hall–Kier alpha value is -0.610. The van der Waals surface area contributed by atoms with E-state index in [0.717, 1.165) is 19.0 Å². The van der Waals surface area contributed by atoms with Gasteiger partial charge in [0.1, 0.15) is 0 Å². The van der Waals surface area contributed by atoms with Crippen molar-refractivity contribution < 1.29 is 0 Å². The van der Waals surface area contributed by atoms with Gasteiger partial charge in [0, 0.05) is 30.4 Å². The van der Waals surface area contributed by atoms with Crippen LogP contribution in [0.1, 0.15) is 56.0 Å². The predicted molar refractivity (Wildman–Crippen MR) is 82.1 cm³/mol. The van der Waals surface area contributed by atoms with Gasteiger partial charge in [-0.3, -0.25) is 0 Å². The lowest BCUT2D eigenvalue weighted by atomic mass is 9.84. The summed E-state index contributed by atoms with van der Waals surface area (Å²) >= 11 is 1.91. The fourth-order valence-electron chi connectivity index (χ4n) is 3.04. The van der Waals surface area contributed by atoms with Gasteiger partial charge in [0.2, 0.25) is 0 Å². The molecule has 0 aromatic carbocycles. The minimum absolute atomic E-state index is 0.437. The highest BCUT2D eigenvalue weighted by molar-refractivity contribution is 7.15. The molecule has 0 amide bonds. The Morgan fingerprint density at radius 1 is 1.42 bits per heavy atom. The van der Waals surface area contributed by atoms with Crippen molar-refractivity contribution in [2.45, 2.75) is 52.0 Å². The number of hydrogen-bond acceptors (Lipinski definition) is 4. The second kappa shape index (κ2) is 5.06. The number of nitrogens with one attached hydrogen (secondary N) is 1. The lowest BCUT2D eigenvalue weighted by Crippen LogP contribution is -2.40. The number of nitrogens with zero attached hydrogens (tertiary/aromatic N) is 2. The smallest absolute Gasteiger partial charge is 0.185 e. The molecule has 1 saturated heterocycles. The first kappa shape index (κ1) is 13.4. The second-order valence-electron chi connectivity index (χ2n) is 6.80. The number of aromatic nitrogens is 1. The standard InChI is InChI=1S/C15H25N3S/c1-15(2)7-4-8-18(10-15)14-17-13(11-5-6-11)12(19-14)9-16-3/h11,16H,4-10H2,1-3H3. The monoisotopic (exact) mass is 279 g/mol. The highest BCUT2D eigenvalue weighted by Gasteiger charge is 2.32. The molecule has 106 valence electrons. The summed E-state index contributed by atoms with van der Waals surface area (Å²) in [6, 6.07) is 0. The van der Waals surface area contributed by atoms with Gasteiger partial charge in [-0.05, 0) is 38.1 Å². The third-order valence-corrected chi connectivity index (χ3v) is 5.32. The maximum Gasteiger partial charge on any atom is 0.185 e. The molecule has 2 fully saturated rings. The normalized spacial score (nSPS) is 22.8. The van der Waals surface area contributed by atoms with Crippen LogP contribution in [0.4, 0.5) is 5.13 Å². The van der Waals surface area contributed by atoms with Gasteiger partial charge in [0.05, 0.1) is 5.69 Å². The Bertz CT molecular complexity index is 448. The van der Waals surface area contributed by atoms with Crippen molar-refractivity contribution in [3.8, 4) is 0 Å². The summed E-state index contributed by atoms with van der Waals surface area (Å²) < 4.78 is 0. The molecule has 4 heteroatoms. The van der Waals surface area contributed by atoms with E-state index in [1.807, 2.05) is 18.4 Å². The zero-order chi connectivity index (χ0) is 13.5. The van der Waals surface area contributed by atoms with E-state index < -0.39 is 0 Å². The van der Waals surface area contributed by atoms with Gasteiger partial charge in [0.25, 0.3) is 0 Å². The summed E-state index contributed by atoms with van der Waals surface area (Å²) in [7, 11) is 2.03. The second-order valence-corrected chi connectivity index (χ2v) is 7.86. The Labute approximate surface area is 120 Å². The quantitative estimate of drug-likeness (QED) is 0.916. The van der Waals surface area contributed by atoms with Crippen molar-refractivity contribution in [2.24, 2.45) is 5.41 Å². The van der Waals surface area contributed by atoms with E-state index in [-0.39, 0.29) is 0 Å². The van der Waals surface area contributed by atoms with Crippen molar-refractivity contribution >= 4 is 16.5 Å². The summed E-state index contributed by atoms with van der Waals surface area (Å²) in [5.74, 6) is 0.756. The van der Waals surface area contributed by atoms with Gasteiger partial charge < -0.3 is 10.2 Å². The molecule has 1 aliphatic carbocycles. The van der Waals surface area contributed by atoms with Crippen molar-refractivity contribution in [1.82, 2.24) is 10.3 Å². The van der Waals surface area contributed by atoms with Crippen LogP contribution in [-0.4, -0.2) is 25.1 Å². The molecule has 1 aliphatic heterocycles. The Kier molecular flexibility index (Phi) is 3.56. The van der Waals surface area contributed by atoms with E-state index in [4.69, 9.17) is 4.98 Å². The van der Waals surface area contributed by atoms with E-state index in [1.165, 1.54) is 47.9 Å². The van der Waals surface area contributed by atoms with E-state index in [1.54, 1.807) is 0 Å². The summed E-state index contributed by atoms with van der Waals surface area (Å²) in [6.45, 7) is 8.07. The van der Waals surface area contributed by atoms with Gasteiger partial charge in [-0.1, -0.05) is 13.8 Å². The van der Waals surface area contributed by atoms with Crippen LogP contribution in [0.5, 0.6) is 0 Å². The fourth-order valence-corrected chi connectivity index (χ4v) is 4.22. The third kappa shape index (κ3) is 2.95. The highest BCUT2D eigenvalue weighted by Crippen LogP contribution is 2.45. The molecule has 1 aromatic heterocycles. The lowest BCUT2D eigenvalue weighted by molar-refractivity contribution is 0.293. The third-order valence-electron chi connectivity index (χ3n) is 4.19. The van der Waals surface area contributed by atoms with Crippen LogP contribution in [0.3, 0.4) is 0 Å². The molecule has 0 atom stereocenters. The molecule has 0 unspecified atom stereocenters. The SMILES string of the molecule is CNCc1sc(N2CCCC(C)(C)C2)nc1C1CC1. The number of rotatable bonds is 4. The van der Waals surface area contributed by atoms with Crippen molar-refractivity contribution in [3.63, 3.8) is 0 Å². The van der Waals surface area contributed by atoms with Crippen LogP contribution >= 0.6 is 11.3 Å². The highest BCUT2D eigenvalue weighted by atomic mass is 32.1. The van der Waals surface area contributed by atoms with Crippen molar-refractivity contribution in [3.05, 3.63) is 10.6 Å². The molecule has 19 heavy (non-hydrogen) atoms. The van der Waals surface area contributed by atoms with Gasteiger partial charge in [0.15, 0.2) is 5.13 Å². The van der Waals surface area contributed by atoms with Gasteiger partial charge in [-0.15, -0.1) is 11.3 Å². The van der Waals surface area contributed by atoms with Gasteiger partial charge in [-0.25, -0.2) is 4.98 Å². The molecular formula is C15H25N3S. The Morgan fingerprint density at radius 3 is 2.84 bits per heavy atom. The first-order valence-electron chi connectivity index (χ1n) is 7.48.